The van der Waals surface area contributed by atoms with Gasteiger partial charge in [-0.2, -0.15) is 5.10 Å². The van der Waals surface area contributed by atoms with Gasteiger partial charge in [-0.1, -0.05) is 72.8 Å². The molecular weight excluding hydrogens is 372 g/mol. The number of hydrogen-bond donors (Lipinski definition) is 0. The molecule has 0 spiro atoms. The number of hydrazone groups is 1. The highest BCUT2D eigenvalue weighted by Crippen LogP contribution is 2.26. The number of rotatable bonds is 6. The maximum Gasteiger partial charge on any atom is 0.247 e. The Labute approximate surface area is 176 Å². The van der Waals surface area contributed by atoms with Gasteiger partial charge in [0.25, 0.3) is 0 Å². The largest absolute Gasteiger partial charge is 0.496 e. The van der Waals surface area contributed by atoms with Gasteiger partial charge in [0.2, 0.25) is 5.95 Å². The molecule has 4 rings (SSSR count). The van der Waals surface area contributed by atoms with Crippen LogP contribution in [0.5, 0.6) is 5.75 Å². The zero-order valence-corrected chi connectivity index (χ0v) is 16.9. The number of aromatic nitrogens is 2. The summed E-state index contributed by atoms with van der Waals surface area (Å²) < 4.78 is 5.40. The molecule has 0 amide bonds. The third-order valence-corrected chi connectivity index (χ3v) is 4.65. The number of benzene rings is 3. The molecule has 0 bridgehead atoms. The molecule has 0 saturated carbocycles. The molecule has 0 aliphatic carbocycles. The van der Waals surface area contributed by atoms with Crippen LogP contribution < -0.4 is 9.75 Å². The van der Waals surface area contributed by atoms with E-state index in [4.69, 9.17) is 14.7 Å². The van der Waals surface area contributed by atoms with E-state index in [0.29, 0.717) is 5.95 Å². The predicted octanol–water partition coefficient (Wildman–Crippen LogP) is 5.29. The van der Waals surface area contributed by atoms with Crippen molar-refractivity contribution in [2.24, 2.45) is 5.10 Å². The third kappa shape index (κ3) is 4.36. The fourth-order valence-corrected chi connectivity index (χ4v) is 3.07. The first-order valence-electron chi connectivity index (χ1n) is 9.65. The van der Waals surface area contributed by atoms with Gasteiger partial charge in [-0.05, 0) is 18.2 Å². The SMILES string of the molecule is COc1ccccc1/C=N/N(C)c1nc(-c2ccccc2)cc(-c2ccccc2)n1. The normalized spacial score (nSPS) is 10.9. The lowest BCUT2D eigenvalue weighted by molar-refractivity contribution is 0.414. The van der Waals surface area contributed by atoms with Crippen LogP contribution in [0.15, 0.2) is 96.1 Å². The van der Waals surface area contributed by atoms with Crippen LogP contribution >= 0.6 is 0 Å². The first-order chi connectivity index (χ1) is 14.7. The minimum atomic E-state index is 0.515. The molecule has 5 nitrogen and oxygen atoms in total. The van der Waals surface area contributed by atoms with Crippen molar-refractivity contribution in [3.63, 3.8) is 0 Å². The molecule has 0 unspecified atom stereocenters. The van der Waals surface area contributed by atoms with Crippen molar-refractivity contribution in [3.05, 3.63) is 96.6 Å². The molecule has 5 heteroatoms. The summed E-state index contributed by atoms with van der Waals surface area (Å²) >= 11 is 0. The zero-order chi connectivity index (χ0) is 20.8. The molecule has 1 aromatic heterocycles. The van der Waals surface area contributed by atoms with Crippen molar-refractivity contribution >= 4 is 12.2 Å². The van der Waals surface area contributed by atoms with E-state index in [1.54, 1.807) is 18.3 Å². The number of methoxy groups -OCH3 is 1. The second-order valence-electron chi connectivity index (χ2n) is 6.68. The lowest BCUT2D eigenvalue weighted by atomic mass is 10.1. The van der Waals surface area contributed by atoms with Gasteiger partial charge in [-0.3, -0.25) is 0 Å². The average Bonchev–Trinajstić information content (AvgIpc) is 2.83. The van der Waals surface area contributed by atoms with Crippen LogP contribution in [0.25, 0.3) is 22.5 Å². The highest BCUT2D eigenvalue weighted by atomic mass is 16.5. The molecule has 0 atom stereocenters. The number of para-hydroxylation sites is 1. The highest BCUT2D eigenvalue weighted by molar-refractivity contribution is 5.84. The Bertz CT molecular complexity index is 1090. The van der Waals surface area contributed by atoms with Crippen molar-refractivity contribution in [3.8, 4) is 28.3 Å². The van der Waals surface area contributed by atoms with Crippen molar-refractivity contribution < 1.29 is 4.74 Å². The van der Waals surface area contributed by atoms with Gasteiger partial charge in [0, 0.05) is 23.7 Å². The first kappa shape index (κ1) is 19.3. The molecule has 0 saturated heterocycles. The molecule has 1 heterocycles. The van der Waals surface area contributed by atoms with E-state index in [2.05, 4.69) is 5.10 Å². The van der Waals surface area contributed by atoms with Crippen LogP contribution in [-0.2, 0) is 0 Å². The zero-order valence-electron chi connectivity index (χ0n) is 16.9. The van der Waals surface area contributed by atoms with Gasteiger partial charge in [0.1, 0.15) is 5.75 Å². The molecule has 0 radical (unpaired) electrons. The maximum absolute atomic E-state index is 5.40. The standard InChI is InChI=1S/C25H22N4O/c1-29(26-18-21-15-9-10-16-24(21)30-2)25-27-22(19-11-5-3-6-12-19)17-23(28-25)20-13-7-4-8-14-20/h3-18H,1-2H3/b26-18+. The van der Waals surface area contributed by atoms with Crippen LogP contribution in [0.1, 0.15) is 5.56 Å². The summed E-state index contributed by atoms with van der Waals surface area (Å²) in [5.41, 5.74) is 4.63. The van der Waals surface area contributed by atoms with Gasteiger partial charge < -0.3 is 4.74 Å². The molecule has 0 fully saturated rings. The number of ether oxygens (including phenoxy) is 1. The Balaban J connectivity index is 1.74. The Morgan fingerprint density at radius 2 is 1.30 bits per heavy atom. The first-order valence-corrected chi connectivity index (χ1v) is 9.65. The van der Waals surface area contributed by atoms with Crippen molar-refractivity contribution in [2.75, 3.05) is 19.2 Å². The van der Waals surface area contributed by atoms with E-state index < -0.39 is 0 Å². The summed E-state index contributed by atoms with van der Waals surface area (Å²) in [4.78, 5) is 9.51. The Hall–Kier alpha value is -3.99. The van der Waals surface area contributed by atoms with Gasteiger partial charge in [0.05, 0.1) is 24.7 Å². The summed E-state index contributed by atoms with van der Waals surface area (Å²) in [6.45, 7) is 0. The quantitative estimate of drug-likeness (QED) is 0.329. The third-order valence-electron chi connectivity index (χ3n) is 4.65. The minimum absolute atomic E-state index is 0.515. The molecule has 0 aliphatic heterocycles. The summed E-state index contributed by atoms with van der Waals surface area (Å²) in [5.74, 6) is 1.28. The molecule has 148 valence electrons. The molecule has 0 aliphatic rings. The van der Waals surface area contributed by atoms with E-state index in [1.165, 1.54) is 0 Å². The topological polar surface area (TPSA) is 50.6 Å². The van der Waals surface area contributed by atoms with Gasteiger partial charge in [-0.15, -0.1) is 0 Å². The number of nitrogens with zero attached hydrogens (tertiary/aromatic N) is 4. The summed E-state index contributed by atoms with van der Waals surface area (Å²) in [5, 5.41) is 6.22. The van der Waals surface area contributed by atoms with Crippen LogP contribution in [-0.4, -0.2) is 30.3 Å². The number of anilines is 1. The van der Waals surface area contributed by atoms with Crippen molar-refractivity contribution in [1.82, 2.24) is 9.97 Å². The lowest BCUT2D eigenvalue weighted by Crippen LogP contribution is -2.13. The summed E-state index contributed by atoms with van der Waals surface area (Å²) in [6.07, 6.45) is 1.75. The van der Waals surface area contributed by atoms with Crippen LogP contribution in [0.2, 0.25) is 0 Å². The fourth-order valence-electron chi connectivity index (χ4n) is 3.07. The second kappa shape index (κ2) is 9.01. The minimum Gasteiger partial charge on any atom is -0.496 e. The Morgan fingerprint density at radius 1 is 0.767 bits per heavy atom. The van der Waals surface area contributed by atoms with Crippen molar-refractivity contribution in [2.45, 2.75) is 0 Å². The van der Waals surface area contributed by atoms with Crippen molar-refractivity contribution in [1.29, 1.82) is 0 Å². The van der Waals surface area contributed by atoms with E-state index in [-0.39, 0.29) is 0 Å². The average molecular weight is 394 g/mol. The molecule has 0 N–H and O–H groups in total. The lowest BCUT2D eigenvalue weighted by Gasteiger charge is -2.14. The summed E-state index contributed by atoms with van der Waals surface area (Å²) in [6, 6.07) is 29.9. The van der Waals surface area contributed by atoms with Crippen LogP contribution in [0.4, 0.5) is 5.95 Å². The van der Waals surface area contributed by atoms with Crippen LogP contribution in [0, 0.1) is 0 Å². The monoisotopic (exact) mass is 394 g/mol. The highest BCUT2D eigenvalue weighted by Gasteiger charge is 2.11. The molecular formula is C25H22N4O. The van der Waals surface area contributed by atoms with Gasteiger partial charge in [-0.25, -0.2) is 15.0 Å². The predicted molar refractivity (Wildman–Crippen MR) is 122 cm³/mol. The van der Waals surface area contributed by atoms with E-state index >= 15 is 0 Å². The van der Waals surface area contributed by atoms with E-state index in [0.717, 1.165) is 33.8 Å². The maximum atomic E-state index is 5.40. The second-order valence-corrected chi connectivity index (χ2v) is 6.68. The molecule has 4 aromatic rings. The summed E-state index contributed by atoms with van der Waals surface area (Å²) in [7, 11) is 3.49. The Kier molecular flexibility index (Phi) is 5.80. The van der Waals surface area contributed by atoms with Crippen LogP contribution in [0.3, 0.4) is 0 Å². The van der Waals surface area contributed by atoms with Gasteiger partial charge in [0.15, 0.2) is 0 Å². The number of hydrogen-bond acceptors (Lipinski definition) is 5. The van der Waals surface area contributed by atoms with E-state index in [1.807, 2.05) is 98.0 Å². The van der Waals surface area contributed by atoms with Gasteiger partial charge >= 0.3 is 0 Å². The molecule has 30 heavy (non-hydrogen) atoms. The smallest absolute Gasteiger partial charge is 0.247 e. The Morgan fingerprint density at radius 3 is 1.87 bits per heavy atom. The van der Waals surface area contributed by atoms with E-state index in [9.17, 15) is 0 Å². The fraction of sp³-hybridized carbons (Fsp3) is 0.0800. The molecule has 3 aromatic carbocycles.